The summed E-state index contributed by atoms with van der Waals surface area (Å²) < 4.78 is 0. The van der Waals surface area contributed by atoms with E-state index >= 15 is 0 Å². The van der Waals surface area contributed by atoms with Crippen LogP contribution in [-0.2, 0) is 0 Å². The van der Waals surface area contributed by atoms with Crippen LogP contribution in [0, 0.1) is 0 Å². The van der Waals surface area contributed by atoms with Crippen LogP contribution >= 0.6 is 11.8 Å². The first-order chi connectivity index (χ1) is 16.5. The molecule has 3 heterocycles. The van der Waals surface area contributed by atoms with Crippen LogP contribution in [0.5, 0.6) is 0 Å². The largest absolute Gasteiger partial charge is 0.393 e. The van der Waals surface area contributed by atoms with Gasteiger partial charge in [0.25, 0.3) is 0 Å². The van der Waals surface area contributed by atoms with Crippen molar-refractivity contribution in [3.8, 4) is 0 Å². The summed E-state index contributed by atoms with van der Waals surface area (Å²) in [6.07, 6.45) is 3.35. The molecule has 0 aliphatic carbocycles. The monoisotopic (exact) mass is 474 g/mol. The summed E-state index contributed by atoms with van der Waals surface area (Å²) in [5.41, 5.74) is 4.84. The first kappa shape index (κ1) is 22.6. The van der Waals surface area contributed by atoms with Crippen molar-refractivity contribution in [3.05, 3.63) is 60.8 Å². The summed E-state index contributed by atoms with van der Waals surface area (Å²) in [5.74, 6) is 1.27. The molecule has 5 rings (SSSR count). The highest BCUT2D eigenvalue weighted by atomic mass is 32.2. The normalized spacial score (nSPS) is 14.6. The number of para-hydroxylation sites is 1. The summed E-state index contributed by atoms with van der Waals surface area (Å²) in [7, 11) is 0. The number of H-pyrrole nitrogens is 1. The predicted molar refractivity (Wildman–Crippen MR) is 142 cm³/mol. The van der Waals surface area contributed by atoms with Crippen molar-refractivity contribution in [1.82, 2.24) is 15.0 Å². The number of piperidine rings is 1. The predicted octanol–water partition coefficient (Wildman–Crippen LogP) is 5.91. The lowest BCUT2D eigenvalue weighted by Gasteiger charge is -2.31. The molecule has 0 bridgehead atoms. The van der Waals surface area contributed by atoms with Crippen molar-refractivity contribution in [1.29, 1.82) is 0 Å². The zero-order valence-corrected chi connectivity index (χ0v) is 20.3. The molecule has 0 saturated carbocycles. The molecule has 2 aromatic heterocycles. The average molecular weight is 475 g/mol. The van der Waals surface area contributed by atoms with Gasteiger partial charge in [-0.05, 0) is 55.3 Å². The number of thioether (sulfide) groups is 1. The van der Waals surface area contributed by atoms with Crippen LogP contribution in [0.1, 0.15) is 26.7 Å². The molecule has 0 radical (unpaired) electrons. The number of nitrogens with zero attached hydrogens (tertiary/aromatic N) is 3. The molecule has 0 amide bonds. The van der Waals surface area contributed by atoms with Crippen molar-refractivity contribution in [2.45, 2.75) is 42.9 Å². The fourth-order valence-electron chi connectivity index (χ4n) is 4.15. The first-order valence-corrected chi connectivity index (χ1v) is 12.6. The molecule has 0 atom stereocenters. The smallest absolute Gasteiger partial charge is 0.229 e. The summed E-state index contributed by atoms with van der Waals surface area (Å²) in [6.45, 7) is 6.15. The van der Waals surface area contributed by atoms with Gasteiger partial charge in [-0.15, -0.1) is 11.8 Å². The number of aliphatic hydroxyl groups is 1. The van der Waals surface area contributed by atoms with E-state index in [1.54, 1.807) is 0 Å². The number of aliphatic hydroxyl groups excluding tert-OH is 1. The third-order valence-electron chi connectivity index (χ3n) is 5.86. The van der Waals surface area contributed by atoms with Gasteiger partial charge in [-0.2, -0.15) is 4.98 Å². The number of anilines is 5. The maximum Gasteiger partial charge on any atom is 0.229 e. The van der Waals surface area contributed by atoms with E-state index in [2.05, 4.69) is 69.7 Å². The van der Waals surface area contributed by atoms with Crippen LogP contribution in [0.4, 0.5) is 28.8 Å². The Kier molecular flexibility index (Phi) is 6.60. The number of nitrogens with one attached hydrogen (secondary N) is 3. The van der Waals surface area contributed by atoms with Crippen LogP contribution in [0.15, 0.2) is 65.7 Å². The third-order valence-corrected chi connectivity index (χ3v) is 6.94. The van der Waals surface area contributed by atoms with Gasteiger partial charge in [-0.25, -0.2) is 4.98 Å². The highest BCUT2D eigenvalue weighted by molar-refractivity contribution is 8.00. The molecule has 2 aromatic carbocycles. The second-order valence-corrected chi connectivity index (χ2v) is 10.4. The molecule has 4 aromatic rings. The quantitative estimate of drug-likeness (QED) is 0.248. The second kappa shape index (κ2) is 9.95. The topological polar surface area (TPSA) is 89.1 Å². The van der Waals surface area contributed by atoms with Gasteiger partial charge in [0.05, 0.1) is 17.3 Å². The lowest BCUT2D eigenvalue weighted by molar-refractivity contribution is 0.145. The Morgan fingerprint density at radius 1 is 1.00 bits per heavy atom. The van der Waals surface area contributed by atoms with Crippen molar-refractivity contribution in [2.75, 3.05) is 28.6 Å². The minimum atomic E-state index is -0.170. The lowest BCUT2D eigenvalue weighted by atomic mass is 10.1. The number of benzene rings is 2. The van der Waals surface area contributed by atoms with Crippen LogP contribution in [-0.4, -0.2) is 44.5 Å². The summed E-state index contributed by atoms with van der Waals surface area (Å²) in [6, 6.07) is 18.6. The van der Waals surface area contributed by atoms with Crippen molar-refractivity contribution in [2.24, 2.45) is 0 Å². The molecule has 1 aliphatic heterocycles. The fourth-order valence-corrected chi connectivity index (χ4v) is 5.07. The SMILES string of the molecule is CC(C)Sc1ccccc1Nc1nc(Nc2ccc(N3CCC(O)CC3)cc2)nc2cc[nH]c12. The Bertz CT molecular complexity index is 1250. The van der Waals surface area contributed by atoms with E-state index in [4.69, 9.17) is 4.98 Å². The zero-order chi connectivity index (χ0) is 23.5. The highest BCUT2D eigenvalue weighted by Gasteiger charge is 2.17. The van der Waals surface area contributed by atoms with Gasteiger partial charge in [-0.3, -0.25) is 0 Å². The number of fused-ring (bicyclic) bond motifs is 1. The molecule has 4 N–H and O–H groups in total. The Balaban J connectivity index is 1.37. The van der Waals surface area contributed by atoms with Crippen molar-refractivity contribution >= 4 is 51.6 Å². The van der Waals surface area contributed by atoms with E-state index in [0.29, 0.717) is 11.2 Å². The number of rotatable bonds is 7. The third kappa shape index (κ3) is 5.13. The number of aromatic nitrogens is 3. The molecule has 34 heavy (non-hydrogen) atoms. The van der Waals surface area contributed by atoms with Gasteiger partial charge in [0, 0.05) is 40.8 Å². The molecular weight excluding hydrogens is 444 g/mol. The van der Waals surface area contributed by atoms with Crippen molar-refractivity contribution in [3.63, 3.8) is 0 Å². The Hall–Kier alpha value is -3.23. The number of aromatic amines is 1. The van der Waals surface area contributed by atoms with Crippen molar-refractivity contribution < 1.29 is 5.11 Å². The molecule has 176 valence electrons. The van der Waals surface area contributed by atoms with Gasteiger partial charge in [0.2, 0.25) is 5.95 Å². The molecular formula is C26H30N6OS. The van der Waals surface area contributed by atoms with E-state index < -0.39 is 0 Å². The number of hydrogen-bond donors (Lipinski definition) is 4. The van der Waals surface area contributed by atoms with E-state index in [1.807, 2.05) is 42.2 Å². The molecule has 8 heteroatoms. The molecule has 1 aliphatic rings. The number of hydrogen-bond acceptors (Lipinski definition) is 7. The Labute approximate surface area is 204 Å². The Morgan fingerprint density at radius 3 is 2.53 bits per heavy atom. The van der Waals surface area contributed by atoms with E-state index in [0.717, 1.165) is 54.2 Å². The fraction of sp³-hybridized carbons (Fsp3) is 0.308. The minimum absolute atomic E-state index is 0.170. The van der Waals surface area contributed by atoms with E-state index in [-0.39, 0.29) is 6.10 Å². The van der Waals surface area contributed by atoms with Crippen LogP contribution in [0.2, 0.25) is 0 Å². The second-order valence-electron chi connectivity index (χ2n) is 8.81. The van der Waals surface area contributed by atoms with E-state index in [1.165, 1.54) is 10.6 Å². The maximum atomic E-state index is 9.75. The van der Waals surface area contributed by atoms with Gasteiger partial charge in [-0.1, -0.05) is 26.0 Å². The molecule has 1 fully saturated rings. The summed E-state index contributed by atoms with van der Waals surface area (Å²) in [5, 5.41) is 17.1. The molecule has 7 nitrogen and oxygen atoms in total. The van der Waals surface area contributed by atoms with E-state index in [9.17, 15) is 5.11 Å². The van der Waals surface area contributed by atoms with Crippen LogP contribution in [0.25, 0.3) is 11.0 Å². The van der Waals surface area contributed by atoms with Gasteiger partial charge in [0.15, 0.2) is 5.82 Å². The van der Waals surface area contributed by atoms with Crippen LogP contribution < -0.4 is 15.5 Å². The summed E-state index contributed by atoms with van der Waals surface area (Å²) in [4.78, 5) is 16.2. The molecule has 1 saturated heterocycles. The average Bonchev–Trinajstić information content (AvgIpc) is 3.30. The molecule has 0 spiro atoms. The summed E-state index contributed by atoms with van der Waals surface area (Å²) >= 11 is 1.82. The van der Waals surface area contributed by atoms with Crippen LogP contribution in [0.3, 0.4) is 0 Å². The minimum Gasteiger partial charge on any atom is -0.393 e. The molecule has 0 unspecified atom stereocenters. The highest BCUT2D eigenvalue weighted by Crippen LogP contribution is 2.33. The Morgan fingerprint density at radius 2 is 1.76 bits per heavy atom. The maximum absolute atomic E-state index is 9.75. The first-order valence-electron chi connectivity index (χ1n) is 11.7. The standard InChI is InChI=1S/C26H30N6OS/c1-17(2)34-23-6-4-3-5-21(23)29-25-24-22(11-14-27-24)30-26(31-25)28-18-7-9-19(10-8-18)32-15-12-20(33)13-16-32/h3-11,14,17,20,27,33H,12-13,15-16H2,1-2H3,(H2,28,29,30,31). The lowest BCUT2D eigenvalue weighted by Crippen LogP contribution is -2.35. The van der Waals surface area contributed by atoms with Gasteiger partial charge >= 0.3 is 0 Å². The van der Waals surface area contributed by atoms with Gasteiger partial charge in [0.1, 0.15) is 5.52 Å². The van der Waals surface area contributed by atoms with Gasteiger partial charge < -0.3 is 25.6 Å². The zero-order valence-electron chi connectivity index (χ0n) is 19.5.